The number of carbonyl (C=O) groups is 2. The van der Waals surface area contributed by atoms with Gasteiger partial charge in [0.1, 0.15) is 13.2 Å². The van der Waals surface area contributed by atoms with E-state index >= 15 is 0 Å². The van der Waals surface area contributed by atoms with Crippen LogP contribution in [0.3, 0.4) is 0 Å². The lowest BCUT2D eigenvalue weighted by molar-refractivity contribution is -0.143. The molecule has 0 amide bonds. The summed E-state index contributed by atoms with van der Waals surface area (Å²) in [5, 5.41) is 0. The van der Waals surface area contributed by atoms with Gasteiger partial charge in [-0.2, -0.15) is 0 Å². The maximum absolute atomic E-state index is 11.9. The van der Waals surface area contributed by atoms with Gasteiger partial charge in [0.2, 0.25) is 0 Å². The normalized spacial score (nSPS) is 12.4. The third kappa shape index (κ3) is 37.0. The third-order valence-electron chi connectivity index (χ3n) is 8.16. The van der Waals surface area contributed by atoms with E-state index in [9.17, 15) is 9.59 Å². The van der Waals surface area contributed by atoms with E-state index in [2.05, 4.69) is 45.0 Å². The van der Waals surface area contributed by atoms with E-state index in [1.54, 1.807) is 0 Å². The summed E-state index contributed by atoms with van der Waals surface area (Å²) in [4.78, 5) is 25.9. The number of ether oxygens (including phenoxy) is 4. The Bertz CT molecular complexity index is 738. The Morgan fingerprint density at radius 1 is 0.553 bits per heavy atom. The fraction of sp³-hybridized carbons (Fsp3) is 0.850. The van der Waals surface area contributed by atoms with Crippen LogP contribution in [-0.4, -0.2) is 76.6 Å². The minimum Gasteiger partial charge on any atom is -0.461 e. The average molecular weight is 666 g/mol. The van der Waals surface area contributed by atoms with Gasteiger partial charge in [0.05, 0.1) is 6.10 Å². The first-order valence-electron chi connectivity index (χ1n) is 19.4. The number of esters is 2. The van der Waals surface area contributed by atoms with Crippen LogP contribution in [0.4, 0.5) is 0 Å². The minimum atomic E-state index is -0.0934. The zero-order chi connectivity index (χ0) is 34.5. The first kappa shape index (κ1) is 45.3. The van der Waals surface area contributed by atoms with Gasteiger partial charge in [-0.15, -0.1) is 0 Å². The first-order valence-corrected chi connectivity index (χ1v) is 19.4. The number of nitrogens with zero attached hydrogens (tertiary/aromatic N) is 1. The van der Waals surface area contributed by atoms with Crippen molar-refractivity contribution in [2.75, 3.05) is 53.7 Å². The molecule has 0 spiro atoms. The fourth-order valence-corrected chi connectivity index (χ4v) is 5.28. The zero-order valence-electron chi connectivity index (χ0n) is 31.3. The van der Waals surface area contributed by atoms with E-state index in [4.69, 9.17) is 18.9 Å². The van der Waals surface area contributed by atoms with Crippen LogP contribution in [0.1, 0.15) is 162 Å². The summed E-state index contributed by atoms with van der Waals surface area (Å²) < 4.78 is 22.7. The SMILES string of the molecule is CCCCCCC=CCOC(=O)CCCCCCCCOCCC(CN(C)C)OCCCCCCC(=O)OCC=CCCCCCC. The van der Waals surface area contributed by atoms with Gasteiger partial charge in [-0.05, 0) is 71.9 Å². The Morgan fingerprint density at radius 2 is 1.02 bits per heavy atom. The average Bonchev–Trinajstić information content (AvgIpc) is 3.05. The second-order valence-electron chi connectivity index (χ2n) is 13.2. The van der Waals surface area contributed by atoms with Gasteiger partial charge >= 0.3 is 11.9 Å². The van der Waals surface area contributed by atoms with Crippen LogP contribution in [0.5, 0.6) is 0 Å². The number of rotatable bonds is 36. The van der Waals surface area contributed by atoms with Crippen LogP contribution in [0, 0.1) is 0 Å². The molecule has 276 valence electrons. The van der Waals surface area contributed by atoms with Gasteiger partial charge < -0.3 is 23.8 Å². The number of unbranched alkanes of at least 4 members (excludes halogenated alkanes) is 16. The molecule has 0 radical (unpaired) electrons. The van der Waals surface area contributed by atoms with Gasteiger partial charge in [-0.3, -0.25) is 9.59 Å². The second-order valence-corrected chi connectivity index (χ2v) is 13.2. The van der Waals surface area contributed by atoms with Crippen LogP contribution in [-0.2, 0) is 28.5 Å². The molecule has 0 aliphatic carbocycles. The highest BCUT2D eigenvalue weighted by Crippen LogP contribution is 2.10. The molecule has 7 heteroatoms. The Hall–Kier alpha value is -1.70. The topological polar surface area (TPSA) is 74.3 Å². The summed E-state index contributed by atoms with van der Waals surface area (Å²) in [6.45, 7) is 8.42. The molecule has 0 saturated carbocycles. The summed E-state index contributed by atoms with van der Waals surface area (Å²) in [5.41, 5.74) is 0. The molecule has 7 nitrogen and oxygen atoms in total. The third-order valence-corrected chi connectivity index (χ3v) is 8.16. The molecule has 47 heavy (non-hydrogen) atoms. The Morgan fingerprint density at radius 3 is 1.53 bits per heavy atom. The maximum atomic E-state index is 11.9. The molecule has 0 aromatic heterocycles. The highest BCUT2D eigenvalue weighted by molar-refractivity contribution is 5.69. The minimum absolute atomic E-state index is 0.0770. The summed E-state index contributed by atoms with van der Waals surface area (Å²) in [5.74, 6) is -0.170. The molecular formula is C40H75NO6. The number of hydrogen-bond acceptors (Lipinski definition) is 7. The zero-order valence-corrected chi connectivity index (χ0v) is 31.3. The van der Waals surface area contributed by atoms with E-state index in [1.165, 1.54) is 64.2 Å². The van der Waals surface area contributed by atoms with Crippen molar-refractivity contribution in [1.29, 1.82) is 0 Å². The number of likely N-dealkylation sites (N-methyl/N-ethyl adjacent to an activating group) is 1. The number of carbonyl (C=O) groups excluding carboxylic acids is 2. The van der Waals surface area contributed by atoms with E-state index in [0.717, 1.165) is 97.0 Å². The molecule has 0 N–H and O–H groups in total. The van der Waals surface area contributed by atoms with Crippen molar-refractivity contribution in [3.63, 3.8) is 0 Å². The van der Waals surface area contributed by atoms with E-state index < -0.39 is 0 Å². The molecule has 0 bridgehead atoms. The molecule has 1 atom stereocenters. The lowest BCUT2D eigenvalue weighted by atomic mass is 10.1. The Labute approximate surface area is 290 Å². The molecule has 0 fully saturated rings. The standard InChI is InChI=1S/C40H75NO6/c1-5-7-9-11-14-20-27-34-46-39(42)29-23-17-13-16-19-25-32-44-36-31-38(37-41(3)4)45-33-26-22-18-24-30-40(43)47-35-28-21-15-12-10-8-6-2/h20-21,27-28,38H,5-19,22-26,29-37H2,1-4H3. The van der Waals surface area contributed by atoms with Crippen molar-refractivity contribution < 1.29 is 28.5 Å². The molecule has 0 aliphatic heterocycles. The quantitative estimate of drug-likeness (QED) is 0.0375. The Balaban J connectivity index is 3.65. The molecular weight excluding hydrogens is 590 g/mol. The van der Waals surface area contributed by atoms with Crippen molar-refractivity contribution in [2.24, 2.45) is 0 Å². The van der Waals surface area contributed by atoms with Crippen LogP contribution in [0.2, 0.25) is 0 Å². The monoisotopic (exact) mass is 666 g/mol. The van der Waals surface area contributed by atoms with Crippen molar-refractivity contribution in [3.8, 4) is 0 Å². The summed E-state index contributed by atoms with van der Waals surface area (Å²) in [6, 6.07) is 0. The first-order chi connectivity index (χ1) is 23.0. The number of allylic oxidation sites excluding steroid dienone is 2. The molecule has 0 saturated heterocycles. The lowest BCUT2D eigenvalue weighted by Gasteiger charge is -2.21. The van der Waals surface area contributed by atoms with Crippen LogP contribution >= 0.6 is 0 Å². The molecule has 0 aromatic rings. The van der Waals surface area contributed by atoms with Gasteiger partial charge in [-0.25, -0.2) is 0 Å². The lowest BCUT2D eigenvalue weighted by Crippen LogP contribution is -2.30. The van der Waals surface area contributed by atoms with E-state index in [0.29, 0.717) is 26.1 Å². The summed E-state index contributed by atoms with van der Waals surface area (Å²) in [7, 11) is 4.16. The van der Waals surface area contributed by atoms with E-state index in [-0.39, 0.29) is 18.0 Å². The van der Waals surface area contributed by atoms with Crippen LogP contribution in [0.15, 0.2) is 24.3 Å². The largest absolute Gasteiger partial charge is 0.461 e. The van der Waals surface area contributed by atoms with Crippen molar-refractivity contribution in [2.45, 2.75) is 168 Å². The van der Waals surface area contributed by atoms with Gasteiger partial charge in [-0.1, -0.05) is 115 Å². The van der Waals surface area contributed by atoms with Gasteiger partial charge in [0, 0.05) is 39.2 Å². The fourth-order valence-electron chi connectivity index (χ4n) is 5.28. The van der Waals surface area contributed by atoms with Crippen molar-refractivity contribution in [1.82, 2.24) is 4.90 Å². The highest BCUT2D eigenvalue weighted by Gasteiger charge is 2.11. The predicted molar refractivity (Wildman–Crippen MR) is 197 cm³/mol. The molecule has 0 aromatic carbocycles. The van der Waals surface area contributed by atoms with Crippen molar-refractivity contribution in [3.05, 3.63) is 24.3 Å². The molecule has 0 rings (SSSR count). The van der Waals surface area contributed by atoms with Crippen molar-refractivity contribution >= 4 is 11.9 Å². The van der Waals surface area contributed by atoms with Crippen LogP contribution in [0.25, 0.3) is 0 Å². The van der Waals surface area contributed by atoms with Crippen LogP contribution < -0.4 is 0 Å². The predicted octanol–water partition coefficient (Wildman–Crippen LogP) is 10.2. The summed E-state index contributed by atoms with van der Waals surface area (Å²) >= 11 is 0. The maximum Gasteiger partial charge on any atom is 0.306 e. The molecule has 1 unspecified atom stereocenters. The van der Waals surface area contributed by atoms with E-state index in [1.807, 2.05) is 12.2 Å². The number of hydrogen-bond donors (Lipinski definition) is 0. The highest BCUT2D eigenvalue weighted by atomic mass is 16.5. The van der Waals surface area contributed by atoms with Gasteiger partial charge in [0.15, 0.2) is 0 Å². The van der Waals surface area contributed by atoms with Gasteiger partial charge in [0.25, 0.3) is 0 Å². The second kappa shape index (κ2) is 37.1. The molecule has 0 heterocycles. The smallest absolute Gasteiger partial charge is 0.306 e. The summed E-state index contributed by atoms with van der Waals surface area (Å²) in [6.07, 6.45) is 33.1. The Kier molecular flexibility index (Phi) is 35.8. The molecule has 0 aliphatic rings.